The molecule has 0 bridgehead atoms. The molecule has 0 atom stereocenters. The van der Waals surface area contributed by atoms with Crippen LogP contribution in [0.4, 0.5) is 0 Å². The van der Waals surface area contributed by atoms with Crippen molar-refractivity contribution in [1.82, 2.24) is 14.1 Å². The number of fused-ring (bicyclic) bond motifs is 3. The predicted octanol–water partition coefficient (Wildman–Crippen LogP) is 2.98. The van der Waals surface area contributed by atoms with Gasteiger partial charge in [0.2, 0.25) is 5.78 Å². The lowest BCUT2D eigenvalue weighted by Gasteiger charge is -2.00. The van der Waals surface area contributed by atoms with Crippen LogP contribution in [0.1, 0.15) is 5.69 Å². The highest BCUT2D eigenvalue weighted by Crippen LogP contribution is 2.27. The predicted molar refractivity (Wildman–Crippen MR) is 81.0 cm³/mol. The molecule has 4 nitrogen and oxygen atoms in total. The van der Waals surface area contributed by atoms with Crippen molar-refractivity contribution in [3.8, 4) is 11.3 Å². The molecule has 4 heteroatoms. The van der Waals surface area contributed by atoms with Gasteiger partial charge in [0.15, 0.2) is 0 Å². The van der Waals surface area contributed by atoms with E-state index in [1.807, 2.05) is 36.4 Å². The number of para-hydroxylation sites is 2. The number of rotatable bonds is 1. The fraction of sp³-hybridized carbons (Fsp3) is 0.0625. The van der Waals surface area contributed by atoms with Crippen LogP contribution >= 0.6 is 0 Å². The molecule has 0 unspecified atom stereocenters. The summed E-state index contributed by atoms with van der Waals surface area (Å²) in [6.45, 7) is 2.08. The van der Waals surface area contributed by atoms with Gasteiger partial charge in [0, 0.05) is 11.3 Å². The summed E-state index contributed by atoms with van der Waals surface area (Å²) < 4.78 is 3.76. The molecule has 20 heavy (non-hydrogen) atoms. The maximum Gasteiger partial charge on any atom is 0.234 e. The second kappa shape index (κ2) is 3.87. The van der Waals surface area contributed by atoms with E-state index in [9.17, 15) is 0 Å². The number of benzene rings is 2. The Morgan fingerprint density at radius 1 is 0.900 bits per heavy atom. The topological polar surface area (TPSA) is 48.2 Å². The first-order chi connectivity index (χ1) is 9.77. The van der Waals surface area contributed by atoms with E-state index < -0.39 is 0 Å². The van der Waals surface area contributed by atoms with Crippen molar-refractivity contribution in [1.29, 1.82) is 0 Å². The standard InChI is InChI=1S/C16H14N4/c1-11-15(12-7-3-2-4-8-12)18-16-19(11)13-9-5-6-10-14(13)20(16)17/h2-10H,17H2,1H3. The molecular weight excluding hydrogens is 248 g/mol. The monoisotopic (exact) mass is 262 g/mol. The number of aromatic nitrogens is 3. The molecule has 0 saturated heterocycles. The molecule has 2 aromatic carbocycles. The first-order valence-electron chi connectivity index (χ1n) is 6.56. The zero-order valence-corrected chi connectivity index (χ0v) is 11.1. The molecule has 0 aliphatic carbocycles. The second-order valence-corrected chi connectivity index (χ2v) is 4.91. The van der Waals surface area contributed by atoms with Gasteiger partial charge in [-0.3, -0.25) is 4.40 Å². The highest BCUT2D eigenvalue weighted by Gasteiger charge is 2.16. The molecule has 2 aromatic heterocycles. The second-order valence-electron chi connectivity index (χ2n) is 4.91. The van der Waals surface area contributed by atoms with Crippen molar-refractivity contribution in [3.05, 3.63) is 60.3 Å². The average Bonchev–Trinajstić information content (AvgIpc) is 2.98. The van der Waals surface area contributed by atoms with Gasteiger partial charge in [0.05, 0.1) is 16.7 Å². The number of hydrogen-bond acceptors (Lipinski definition) is 2. The highest BCUT2D eigenvalue weighted by atomic mass is 15.4. The van der Waals surface area contributed by atoms with E-state index in [1.165, 1.54) is 0 Å². The van der Waals surface area contributed by atoms with Gasteiger partial charge in [-0.1, -0.05) is 42.5 Å². The maximum absolute atomic E-state index is 6.17. The van der Waals surface area contributed by atoms with E-state index in [1.54, 1.807) is 4.68 Å². The van der Waals surface area contributed by atoms with Crippen LogP contribution in [-0.2, 0) is 0 Å². The molecule has 0 aliphatic rings. The molecule has 98 valence electrons. The van der Waals surface area contributed by atoms with Crippen molar-refractivity contribution < 1.29 is 0 Å². The van der Waals surface area contributed by atoms with Gasteiger partial charge in [-0.05, 0) is 19.1 Å². The smallest absolute Gasteiger partial charge is 0.234 e. The number of nitrogens with two attached hydrogens (primary N) is 1. The SMILES string of the molecule is Cc1c(-c2ccccc2)nc2n(N)c3ccccc3n12. The van der Waals surface area contributed by atoms with Crippen molar-refractivity contribution >= 4 is 16.8 Å². The van der Waals surface area contributed by atoms with E-state index >= 15 is 0 Å². The van der Waals surface area contributed by atoms with E-state index in [0.29, 0.717) is 0 Å². The Kier molecular flexibility index (Phi) is 2.15. The molecular formula is C16H14N4. The molecule has 4 rings (SSSR count). The Morgan fingerprint density at radius 3 is 2.30 bits per heavy atom. The highest BCUT2D eigenvalue weighted by molar-refractivity contribution is 5.83. The Hall–Kier alpha value is -2.75. The summed E-state index contributed by atoms with van der Waals surface area (Å²) in [5.41, 5.74) is 5.25. The van der Waals surface area contributed by atoms with Crippen molar-refractivity contribution in [2.75, 3.05) is 5.84 Å². The Labute approximate surface area is 116 Å². The average molecular weight is 262 g/mol. The minimum atomic E-state index is 0.766. The van der Waals surface area contributed by atoms with E-state index in [4.69, 9.17) is 10.8 Å². The lowest BCUT2D eigenvalue weighted by molar-refractivity contribution is 1.05. The van der Waals surface area contributed by atoms with Crippen LogP contribution in [0.2, 0.25) is 0 Å². The summed E-state index contributed by atoms with van der Waals surface area (Å²) in [6.07, 6.45) is 0. The van der Waals surface area contributed by atoms with Crippen LogP contribution in [-0.4, -0.2) is 14.1 Å². The normalized spacial score (nSPS) is 11.4. The third-order valence-electron chi connectivity index (χ3n) is 3.73. The fourth-order valence-corrected chi connectivity index (χ4v) is 2.77. The molecule has 2 heterocycles. The van der Waals surface area contributed by atoms with E-state index in [2.05, 4.69) is 29.5 Å². The number of imidazole rings is 2. The van der Waals surface area contributed by atoms with Gasteiger partial charge >= 0.3 is 0 Å². The zero-order chi connectivity index (χ0) is 13.7. The van der Waals surface area contributed by atoms with E-state index in [-0.39, 0.29) is 0 Å². The molecule has 2 N–H and O–H groups in total. The summed E-state index contributed by atoms with van der Waals surface area (Å²) in [5.74, 6) is 6.93. The Balaban J connectivity index is 2.13. The van der Waals surface area contributed by atoms with Crippen LogP contribution in [0.3, 0.4) is 0 Å². The van der Waals surface area contributed by atoms with Crippen molar-refractivity contribution in [2.45, 2.75) is 6.92 Å². The van der Waals surface area contributed by atoms with Gasteiger partial charge in [0.1, 0.15) is 0 Å². The molecule has 0 amide bonds. The number of hydrogen-bond donors (Lipinski definition) is 1. The van der Waals surface area contributed by atoms with E-state index in [0.717, 1.165) is 33.8 Å². The van der Waals surface area contributed by atoms with Gasteiger partial charge in [-0.15, -0.1) is 0 Å². The summed E-state index contributed by atoms with van der Waals surface area (Å²) in [6, 6.07) is 18.3. The third-order valence-corrected chi connectivity index (χ3v) is 3.73. The summed E-state index contributed by atoms with van der Waals surface area (Å²) in [4.78, 5) is 4.72. The molecule has 0 saturated carbocycles. The Bertz CT molecular complexity index is 916. The molecule has 0 aliphatic heterocycles. The van der Waals surface area contributed by atoms with Gasteiger partial charge in [0.25, 0.3) is 0 Å². The quantitative estimate of drug-likeness (QED) is 0.536. The summed E-state index contributed by atoms with van der Waals surface area (Å²) in [7, 11) is 0. The Morgan fingerprint density at radius 2 is 1.55 bits per heavy atom. The number of aryl methyl sites for hydroxylation is 1. The number of nitrogen functional groups attached to an aromatic ring is 1. The summed E-state index contributed by atoms with van der Waals surface area (Å²) in [5, 5.41) is 0. The number of nitrogens with zero attached hydrogens (tertiary/aromatic N) is 3. The first-order valence-corrected chi connectivity index (χ1v) is 6.56. The largest absolute Gasteiger partial charge is 0.336 e. The molecule has 0 fully saturated rings. The van der Waals surface area contributed by atoms with Crippen molar-refractivity contribution in [2.24, 2.45) is 0 Å². The molecule has 0 spiro atoms. The minimum absolute atomic E-state index is 0.766. The minimum Gasteiger partial charge on any atom is -0.336 e. The maximum atomic E-state index is 6.17. The van der Waals surface area contributed by atoms with Crippen molar-refractivity contribution in [3.63, 3.8) is 0 Å². The lowest BCUT2D eigenvalue weighted by atomic mass is 10.1. The lowest BCUT2D eigenvalue weighted by Crippen LogP contribution is -2.07. The fourth-order valence-electron chi connectivity index (χ4n) is 2.77. The summed E-state index contributed by atoms with van der Waals surface area (Å²) >= 11 is 0. The molecule has 0 radical (unpaired) electrons. The van der Waals surface area contributed by atoms with Crippen LogP contribution in [0.25, 0.3) is 28.1 Å². The van der Waals surface area contributed by atoms with Crippen LogP contribution in [0.5, 0.6) is 0 Å². The van der Waals surface area contributed by atoms with Gasteiger partial charge < -0.3 is 5.84 Å². The third kappa shape index (κ3) is 1.33. The van der Waals surface area contributed by atoms with Crippen LogP contribution in [0.15, 0.2) is 54.6 Å². The molecule has 4 aromatic rings. The zero-order valence-electron chi connectivity index (χ0n) is 11.1. The first kappa shape index (κ1) is 11.1. The van der Waals surface area contributed by atoms with Gasteiger partial charge in [-0.2, -0.15) is 0 Å². The van der Waals surface area contributed by atoms with Gasteiger partial charge in [-0.25, -0.2) is 9.66 Å². The van der Waals surface area contributed by atoms with Crippen LogP contribution in [0, 0.1) is 6.92 Å². The van der Waals surface area contributed by atoms with Crippen LogP contribution < -0.4 is 5.84 Å².